The van der Waals surface area contributed by atoms with Crippen LogP contribution in [0.25, 0.3) is 0 Å². The van der Waals surface area contributed by atoms with Crippen LogP contribution < -0.4 is 26.6 Å². The molecule has 0 aromatic heterocycles. The normalized spacial score (nSPS) is 11.2. The number of hydrazine groups is 2. The molecule has 1 rings (SSSR count). The molecule has 0 aliphatic carbocycles. The van der Waals surface area contributed by atoms with Crippen molar-refractivity contribution < 1.29 is 9.09 Å². The van der Waals surface area contributed by atoms with Crippen LogP contribution in [0.5, 0.6) is 5.75 Å². The van der Waals surface area contributed by atoms with Crippen molar-refractivity contribution in [3.05, 3.63) is 30.3 Å². The summed E-state index contributed by atoms with van der Waals surface area (Å²) in [5, 5.41) is 3.95. The van der Waals surface area contributed by atoms with Crippen molar-refractivity contribution in [1.29, 1.82) is 0 Å². The lowest BCUT2D eigenvalue weighted by atomic mass is 10.3. The van der Waals surface area contributed by atoms with E-state index in [-0.39, 0.29) is 0 Å². The summed E-state index contributed by atoms with van der Waals surface area (Å²) in [5.74, 6) is 10.4. The van der Waals surface area contributed by atoms with Gasteiger partial charge in [-0.05, 0) is 12.1 Å². The Bertz CT molecular complexity index is 297. The maximum absolute atomic E-state index is 11.4. The van der Waals surface area contributed by atoms with E-state index in [4.69, 9.17) is 16.2 Å². The molecule has 6 nitrogen and oxygen atoms in total. The Kier molecular flexibility index (Phi) is 3.41. The van der Waals surface area contributed by atoms with Crippen LogP contribution >= 0.6 is 7.67 Å². The minimum absolute atomic E-state index is 0.418. The Morgan fingerprint density at radius 1 is 1.15 bits per heavy atom. The fraction of sp³-hybridized carbons (Fsp3) is 0. The SMILES string of the molecule is NNP(=O)(NN)Oc1ccccc1. The van der Waals surface area contributed by atoms with Gasteiger partial charge in [-0.3, -0.25) is 11.7 Å². The summed E-state index contributed by atoms with van der Waals surface area (Å²) in [4.78, 5) is 0. The van der Waals surface area contributed by atoms with E-state index in [2.05, 4.69) is 0 Å². The zero-order chi connectivity index (χ0) is 9.73. The predicted molar refractivity (Wildman–Crippen MR) is 49.3 cm³/mol. The predicted octanol–water partition coefficient (Wildman–Crippen LogP) is 0.100. The highest BCUT2D eigenvalue weighted by atomic mass is 31.2. The van der Waals surface area contributed by atoms with E-state index in [9.17, 15) is 4.57 Å². The van der Waals surface area contributed by atoms with Gasteiger partial charge < -0.3 is 4.52 Å². The fourth-order valence-electron chi connectivity index (χ4n) is 0.720. The highest BCUT2D eigenvalue weighted by Gasteiger charge is 2.20. The summed E-state index contributed by atoms with van der Waals surface area (Å²) >= 11 is 0. The Morgan fingerprint density at radius 3 is 2.15 bits per heavy atom. The van der Waals surface area contributed by atoms with Crippen molar-refractivity contribution in [2.24, 2.45) is 11.7 Å². The molecule has 0 atom stereocenters. The topological polar surface area (TPSA) is 102 Å². The van der Waals surface area contributed by atoms with Crippen molar-refractivity contribution in [3.8, 4) is 5.75 Å². The van der Waals surface area contributed by atoms with E-state index in [1.165, 1.54) is 0 Å². The lowest BCUT2D eigenvalue weighted by Gasteiger charge is -2.15. The van der Waals surface area contributed by atoms with Gasteiger partial charge in [0, 0.05) is 0 Å². The van der Waals surface area contributed by atoms with Crippen LogP contribution in [0.3, 0.4) is 0 Å². The summed E-state index contributed by atoms with van der Waals surface area (Å²) in [6.07, 6.45) is 0. The Labute approximate surface area is 75.8 Å². The van der Waals surface area contributed by atoms with Gasteiger partial charge in [-0.15, -0.1) is 0 Å². The third-order valence-electron chi connectivity index (χ3n) is 1.32. The monoisotopic (exact) mass is 202 g/mol. The minimum atomic E-state index is -3.35. The van der Waals surface area contributed by atoms with Gasteiger partial charge in [0.05, 0.1) is 0 Å². The van der Waals surface area contributed by atoms with Gasteiger partial charge in [-0.25, -0.2) is 4.57 Å². The average molecular weight is 202 g/mol. The Balaban J connectivity index is 2.74. The molecule has 1 aromatic carbocycles. The van der Waals surface area contributed by atoms with Gasteiger partial charge in [0.2, 0.25) is 0 Å². The molecule has 0 saturated carbocycles. The van der Waals surface area contributed by atoms with Crippen LogP contribution in [0.2, 0.25) is 0 Å². The minimum Gasteiger partial charge on any atom is -0.421 e. The number of nitrogens with one attached hydrogen (secondary N) is 2. The van der Waals surface area contributed by atoms with Gasteiger partial charge >= 0.3 is 7.67 Å². The number of nitrogens with two attached hydrogens (primary N) is 2. The van der Waals surface area contributed by atoms with Crippen LogP contribution in [0.4, 0.5) is 0 Å². The van der Waals surface area contributed by atoms with Crippen molar-refractivity contribution in [3.63, 3.8) is 0 Å². The quantitative estimate of drug-likeness (QED) is 0.314. The smallest absolute Gasteiger partial charge is 0.416 e. The van der Waals surface area contributed by atoms with Crippen LogP contribution in [0.15, 0.2) is 30.3 Å². The third-order valence-corrected chi connectivity index (χ3v) is 2.46. The van der Waals surface area contributed by atoms with Crippen LogP contribution in [-0.2, 0) is 4.57 Å². The van der Waals surface area contributed by atoms with Gasteiger partial charge in [0.1, 0.15) is 5.75 Å². The maximum atomic E-state index is 11.4. The first-order valence-corrected chi connectivity index (χ1v) is 5.13. The van der Waals surface area contributed by atoms with E-state index in [1.54, 1.807) is 24.3 Å². The number of rotatable bonds is 4. The second kappa shape index (κ2) is 4.36. The highest BCUT2D eigenvalue weighted by molar-refractivity contribution is 7.54. The molecule has 7 heteroatoms. The van der Waals surface area contributed by atoms with Gasteiger partial charge in [0.15, 0.2) is 0 Å². The summed E-state index contributed by atoms with van der Waals surface area (Å²) in [6.45, 7) is 0. The summed E-state index contributed by atoms with van der Waals surface area (Å²) < 4.78 is 16.4. The molecular formula is C6H11N4O2P. The molecule has 6 N–H and O–H groups in total. The van der Waals surface area contributed by atoms with Crippen LogP contribution in [0.1, 0.15) is 0 Å². The molecule has 1 aromatic rings. The first-order valence-electron chi connectivity index (χ1n) is 3.50. The van der Waals surface area contributed by atoms with Gasteiger partial charge in [0.25, 0.3) is 0 Å². The molecule has 0 bridgehead atoms. The number of benzene rings is 1. The van der Waals surface area contributed by atoms with Crippen molar-refractivity contribution >= 4 is 7.67 Å². The molecule has 0 saturated heterocycles. The molecule has 0 fully saturated rings. The molecule has 0 aliphatic heterocycles. The van der Waals surface area contributed by atoms with Gasteiger partial charge in [-0.2, -0.15) is 10.4 Å². The maximum Gasteiger partial charge on any atom is 0.416 e. The van der Waals surface area contributed by atoms with Gasteiger partial charge in [-0.1, -0.05) is 18.2 Å². The van der Waals surface area contributed by atoms with Crippen LogP contribution in [0, 0.1) is 0 Å². The average Bonchev–Trinajstić information content (AvgIpc) is 2.19. The first kappa shape index (κ1) is 10.2. The zero-order valence-corrected chi connectivity index (χ0v) is 7.70. The van der Waals surface area contributed by atoms with Crippen molar-refractivity contribution in [2.45, 2.75) is 0 Å². The summed E-state index contributed by atoms with van der Waals surface area (Å²) in [5.41, 5.74) is 0. The molecule has 0 radical (unpaired) electrons. The summed E-state index contributed by atoms with van der Waals surface area (Å²) in [7, 11) is -3.35. The van der Waals surface area contributed by atoms with Crippen molar-refractivity contribution in [2.75, 3.05) is 0 Å². The number of hydrogen-bond donors (Lipinski definition) is 4. The molecule has 0 unspecified atom stereocenters. The standard InChI is InChI=1S/C6H11N4O2P/c7-9-13(11,10-8)12-6-4-2-1-3-5-6/h1-5H,7-8H2,(H2,9,10,11). The first-order chi connectivity index (χ1) is 6.20. The van der Waals surface area contributed by atoms with E-state index in [1.807, 2.05) is 16.5 Å². The lowest BCUT2D eigenvalue weighted by Crippen LogP contribution is -2.34. The molecule has 13 heavy (non-hydrogen) atoms. The van der Waals surface area contributed by atoms with Crippen LogP contribution in [-0.4, -0.2) is 0 Å². The highest BCUT2D eigenvalue weighted by Crippen LogP contribution is 2.35. The summed E-state index contributed by atoms with van der Waals surface area (Å²) in [6, 6.07) is 8.58. The molecular weight excluding hydrogens is 191 g/mol. The Morgan fingerprint density at radius 2 is 1.69 bits per heavy atom. The molecule has 0 amide bonds. The Hall–Kier alpha value is -0.910. The number of hydrogen-bond acceptors (Lipinski definition) is 4. The molecule has 0 heterocycles. The zero-order valence-electron chi connectivity index (χ0n) is 6.81. The largest absolute Gasteiger partial charge is 0.421 e. The third kappa shape index (κ3) is 2.80. The van der Waals surface area contributed by atoms with E-state index < -0.39 is 7.67 Å². The fourth-order valence-corrected chi connectivity index (χ4v) is 1.32. The molecule has 0 spiro atoms. The molecule has 0 aliphatic rings. The number of para-hydroxylation sites is 1. The van der Waals surface area contributed by atoms with E-state index in [0.29, 0.717) is 5.75 Å². The second-order valence-corrected chi connectivity index (χ2v) is 4.02. The second-order valence-electron chi connectivity index (χ2n) is 2.21. The van der Waals surface area contributed by atoms with E-state index in [0.717, 1.165) is 0 Å². The van der Waals surface area contributed by atoms with E-state index >= 15 is 0 Å². The molecule has 72 valence electrons. The lowest BCUT2D eigenvalue weighted by molar-refractivity contribution is 0.454. The van der Waals surface area contributed by atoms with Crippen molar-refractivity contribution in [1.82, 2.24) is 10.4 Å².